The van der Waals surface area contributed by atoms with Gasteiger partial charge >= 0.3 is 5.97 Å². The SMILES string of the molecule is Cc1ccccc1C(=O)Oc1ccc2c(c1)O/C(=C\c1ccco1)C2=O. The second kappa shape index (κ2) is 6.37. The summed E-state index contributed by atoms with van der Waals surface area (Å²) in [5.74, 6) is 0.642. The number of rotatable bonds is 3. The molecule has 0 saturated carbocycles. The molecule has 128 valence electrons. The first-order chi connectivity index (χ1) is 12.6. The van der Waals surface area contributed by atoms with Crippen molar-refractivity contribution < 1.29 is 23.5 Å². The van der Waals surface area contributed by atoms with E-state index in [0.29, 0.717) is 28.4 Å². The molecular formula is C21H14O5. The van der Waals surface area contributed by atoms with Gasteiger partial charge in [-0.3, -0.25) is 4.79 Å². The molecule has 5 heteroatoms. The van der Waals surface area contributed by atoms with Gasteiger partial charge < -0.3 is 13.9 Å². The lowest BCUT2D eigenvalue weighted by Gasteiger charge is -2.07. The largest absolute Gasteiger partial charge is 0.465 e. The van der Waals surface area contributed by atoms with Crippen molar-refractivity contribution in [1.82, 2.24) is 0 Å². The van der Waals surface area contributed by atoms with Gasteiger partial charge in [0.2, 0.25) is 5.78 Å². The van der Waals surface area contributed by atoms with E-state index in [1.54, 1.807) is 36.4 Å². The first kappa shape index (κ1) is 15.9. The summed E-state index contributed by atoms with van der Waals surface area (Å²) in [5, 5.41) is 0. The minimum atomic E-state index is -0.460. The van der Waals surface area contributed by atoms with Crippen molar-refractivity contribution in [2.45, 2.75) is 6.92 Å². The van der Waals surface area contributed by atoms with Gasteiger partial charge in [-0.2, -0.15) is 0 Å². The first-order valence-electron chi connectivity index (χ1n) is 8.01. The summed E-state index contributed by atoms with van der Waals surface area (Å²) in [6, 6.07) is 15.3. The number of hydrogen-bond donors (Lipinski definition) is 0. The summed E-state index contributed by atoms with van der Waals surface area (Å²) >= 11 is 0. The lowest BCUT2D eigenvalue weighted by molar-refractivity contribution is 0.0733. The molecule has 2 aromatic carbocycles. The number of ketones is 1. The number of ether oxygens (including phenoxy) is 2. The number of furan rings is 1. The van der Waals surface area contributed by atoms with Crippen LogP contribution in [0.15, 0.2) is 71.0 Å². The Bertz CT molecular complexity index is 1030. The molecule has 0 radical (unpaired) electrons. The topological polar surface area (TPSA) is 65.7 Å². The maximum Gasteiger partial charge on any atom is 0.343 e. The van der Waals surface area contributed by atoms with Crippen LogP contribution in [0.2, 0.25) is 0 Å². The number of benzene rings is 2. The summed E-state index contributed by atoms with van der Waals surface area (Å²) < 4.78 is 16.2. The number of carbonyl (C=O) groups excluding carboxylic acids is 2. The third-order valence-electron chi connectivity index (χ3n) is 4.03. The van der Waals surface area contributed by atoms with Crippen LogP contribution in [-0.4, -0.2) is 11.8 Å². The molecule has 1 aliphatic heterocycles. The van der Waals surface area contributed by atoms with Gasteiger partial charge in [0.15, 0.2) is 5.76 Å². The normalized spacial score (nSPS) is 14.2. The molecule has 0 saturated heterocycles. The van der Waals surface area contributed by atoms with Crippen molar-refractivity contribution in [1.29, 1.82) is 0 Å². The van der Waals surface area contributed by atoms with Gasteiger partial charge in [-0.05, 0) is 42.8 Å². The molecule has 0 spiro atoms. The van der Waals surface area contributed by atoms with Gasteiger partial charge in [0.1, 0.15) is 17.3 Å². The highest BCUT2D eigenvalue weighted by molar-refractivity contribution is 6.14. The summed E-state index contributed by atoms with van der Waals surface area (Å²) in [5.41, 5.74) is 1.73. The van der Waals surface area contributed by atoms with E-state index in [-0.39, 0.29) is 11.5 Å². The van der Waals surface area contributed by atoms with Crippen LogP contribution in [0.1, 0.15) is 32.0 Å². The molecule has 2 heterocycles. The number of aryl methyl sites for hydroxylation is 1. The van der Waals surface area contributed by atoms with Crippen molar-refractivity contribution in [3.05, 3.63) is 89.1 Å². The molecule has 1 aromatic heterocycles. The Kier molecular flexibility index (Phi) is 3.89. The molecule has 3 aromatic rings. The minimum Gasteiger partial charge on any atom is -0.465 e. The zero-order valence-electron chi connectivity index (χ0n) is 13.9. The van der Waals surface area contributed by atoms with E-state index in [9.17, 15) is 9.59 Å². The molecule has 0 amide bonds. The molecule has 0 bridgehead atoms. The quantitative estimate of drug-likeness (QED) is 0.399. The van der Waals surface area contributed by atoms with Crippen LogP contribution < -0.4 is 9.47 Å². The Morgan fingerprint density at radius 3 is 2.69 bits per heavy atom. The zero-order valence-corrected chi connectivity index (χ0v) is 13.9. The van der Waals surface area contributed by atoms with Crippen LogP contribution in [0.4, 0.5) is 0 Å². The van der Waals surface area contributed by atoms with Crippen molar-refractivity contribution in [3.63, 3.8) is 0 Å². The second-order valence-electron chi connectivity index (χ2n) is 5.82. The summed E-state index contributed by atoms with van der Waals surface area (Å²) in [6.45, 7) is 1.84. The fourth-order valence-electron chi connectivity index (χ4n) is 2.70. The van der Waals surface area contributed by atoms with Crippen molar-refractivity contribution in [2.24, 2.45) is 0 Å². The smallest absolute Gasteiger partial charge is 0.343 e. The fourth-order valence-corrected chi connectivity index (χ4v) is 2.70. The summed E-state index contributed by atoms with van der Waals surface area (Å²) in [6.07, 6.45) is 3.05. The van der Waals surface area contributed by atoms with Gasteiger partial charge in [-0.25, -0.2) is 4.79 Å². The van der Waals surface area contributed by atoms with Crippen LogP contribution in [0.25, 0.3) is 6.08 Å². The van der Waals surface area contributed by atoms with Gasteiger partial charge in [-0.15, -0.1) is 0 Å². The average molecular weight is 346 g/mol. The predicted octanol–water partition coefficient (Wildman–Crippen LogP) is 4.42. The van der Waals surface area contributed by atoms with E-state index < -0.39 is 5.97 Å². The molecule has 5 nitrogen and oxygen atoms in total. The maximum absolute atomic E-state index is 12.4. The third-order valence-corrected chi connectivity index (χ3v) is 4.03. The molecule has 0 fully saturated rings. The number of hydrogen-bond acceptors (Lipinski definition) is 5. The van der Waals surface area contributed by atoms with Crippen LogP contribution in [0.5, 0.6) is 11.5 Å². The number of Topliss-reactive ketones (excluding diaryl/α,β-unsaturated/α-hetero) is 1. The minimum absolute atomic E-state index is 0.164. The average Bonchev–Trinajstić information content (AvgIpc) is 3.24. The number of esters is 1. The monoisotopic (exact) mass is 346 g/mol. The van der Waals surface area contributed by atoms with E-state index >= 15 is 0 Å². The van der Waals surface area contributed by atoms with Gasteiger partial charge in [0.05, 0.1) is 17.4 Å². The van der Waals surface area contributed by atoms with Crippen LogP contribution in [0, 0.1) is 6.92 Å². The lowest BCUT2D eigenvalue weighted by atomic mass is 10.1. The molecule has 26 heavy (non-hydrogen) atoms. The van der Waals surface area contributed by atoms with Gasteiger partial charge in [0, 0.05) is 12.1 Å². The van der Waals surface area contributed by atoms with Crippen LogP contribution >= 0.6 is 0 Å². The molecule has 1 aliphatic rings. The molecule has 4 rings (SSSR count). The number of allylic oxidation sites excluding steroid dienone is 1. The third kappa shape index (κ3) is 2.91. The number of fused-ring (bicyclic) bond motifs is 1. The van der Waals surface area contributed by atoms with E-state index in [1.807, 2.05) is 19.1 Å². The molecule has 0 unspecified atom stereocenters. The van der Waals surface area contributed by atoms with E-state index in [1.165, 1.54) is 18.4 Å². The van der Waals surface area contributed by atoms with Gasteiger partial charge in [-0.1, -0.05) is 18.2 Å². The highest BCUT2D eigenvalue weighted by Crippen LogP contribution is 2.35. The second-order valence-corrected chi connectivity index (χ2v) is 5.82. The fraction of sp³-hybridized carbons (Fsp3) is 0.0476. The number of carbonyl (C=O) groups is 2. The van der Waals surface area contributed by atoms with Crippen LogP contribution in [0.3, 0.4) is 0 Å². The Morgan fingerprint density at radius 2 is 1.92 bits per heavy atom. The lowest BCUT2D eigenvalue weighted by Crippen LogP contribution is -2.10. The predicted molar refractivity (Wildman–Crippen MR) is 94.2 cm³/mol. The van der Waals surface area contributed by atoms with Crippen molar-refractivity contribution >= 4 is 17.8 Å². The Hall–Kier alpha value is -3.60. The van der Waals surface area contributed by atoms with Gasteiger partial charge in [0.25, 0.3) is 0 Å². The Morgan fingerprint density at radius 1 is 1.08 bits per heavy atom. The molecule has 0 atom stereocenters. The Balaban J connectivity index is 1.57. The Labute approximate surface area is 149 Å². The highest BCUT2D eigenvalue weighted by atomic mass is 16.5. The van der Waals surface area contributed by atoms with Crippen LogP contribution in [-0.2, 0) is 0 Å². The maximum atomic E-state index is 12.4. The summed E-state index contributed by atoms with van der Waals surface area (Å²) in [7, 11) is 0. The van der Waals surface area contributed by atoms with E-state index in [0.717, 1.165) is 5.56 Å². The molecule has 0 N–H and O–H groups in total. The van der Waals surface area contributed by atoms with Crippen molar-refractivity contribution in [3.8, 4) is 11.5 Å². The summed E-state index contributed by atoms with van der Waals surface area (Å²) in [4.78, 5) is 24.7. The molecular weight excluding hydrogens is 332 g/mol. The first-order valence-corrected chi connectivity index (χ1v) is 8.01. The highest BCUT2D eigenvalue weighted by Gasteiger charge is 2.28. The molecule has 0 aliphatic carbocycles. The zero-order chi connectivity index (χ0) is 18.1. The van der Waals surface area contributed by atoms with E-state index in [4.69, 9.17) is 13.9 Å². The van der Waals surface area contributed by atoms with E-state index in [2.05, 4.69) is 0 Å². The van der Waals surface area contributed by atoms with Crippen molar-refractivity contribution in [2.75, 3.05) is 0 Å². The standard InChI is InChI=1S/C21H14O5/c1-13-5-2-3-7-16(13)21(23)25-15-8-9-17-18(12-15)26-19(20(17)22)11-14-6-4-10-24-14/h2-12H,1H3/b19-11-.